The number of nitrogens with zero attached hydrogens (tertiary/aromatic N) is 2. The maximum Gasteiger partial charge on any atom is 0.242 e. The van der Waals surface area contributed by atoms with Crippen LogP contribution >= 0.6 is 0 Å². The molecule has 0 aliphatic carbocycles. The summed E-state index contributed by atoms with van der Waals surface area (Å²) in [5.74, 6) is -0.0609. The molecule has 150 valence electrons. The molecule has 2 aromatic heterocycles. The van der Waals surface area contributed by atoms with E-state index >= 15 is 0 Å². The van der Waals surface area contributed by atoms with Crippen LogP contribution in [0.5, 0.6) is 0 Å². The van der Waals surface area contributed by atoms with Crippen LogP contribution in [-0.4, -0.2) is 15.9 Å². The van der Waals surface area contributed by atoms with Gasteiger partial charge in [-0.15, -0.1) is 0 Å². The molecule has 1 atom stereocenters. The van der Waals surface area contributed by atoms with E-state index < -0.39 is 6.04 Å². The number of hydrogen-bond donors (Lipinski definition) is 2. The number of benzene rings is 1. The van der Waals surface area contributed by atoms with Crippen molar-refractivity contribution in [1.82, 2.24) is 20.6 Å². The zero-order chi connectivity index (χ0) is 20.7. The minimum absolute atomic E-state index is 0.0609. The first-order valence-corrected chi connectivity index (χ1v) is 9.83. The Balaban J connectivity index is 1.75. The van der Waals surface area contributed by atoms with Gasteiger partial charge in [0.1, 0.15) is 6.04 Å². The lowest BCUT2D eigenvalue weighted by atomic mass is 9.86. The fraction of sp³-hybridized carbons (Fsp3) is 0.292. The molecule has 2 N–H and O–H groups in total. The summed E-state index contributed by atoms with van der Waals surface area (Å²) >= 11 is 0. The molecule has 1 amide bonds. The lowest BCUT2D eigenvalue weighted by molar-refractivity contribution is -0.123. The Morgan fingerprint density at radius 1 is 0.897 bits per heavy atom. The van der Waals surface area contributed by atoms with Crippen molar-refractivity contribution in [2.75, 3.05) is 0 Å². The second-order valence-corrected chi connectivity index (χ2v) is 8.12. The summed E-state index contributed by atoms with van der Waals surface area (Å²) in [5.41, 5.74) is 4.30. The van der Waals surface area contributed by atoms with Gasteiger partial charge in [0.05, 0.1) is 0 Å². The number of rotatable bonds is 7. The van der Waals surface area contributed by atoms with Gasteiger partial charge >= 0.3 is 0 Å². The first-order chi connectivity index (χ1) is 13.9. The molecule has 0 aliphatic rings. The van der Waals surface area contributed by atoms with Crippen LogP contribution in [0.25, 0.3) is 0 Å². The van der Waals surface area contributed by atoms with Gasteiger partial charge in [0.2, 0.25) is 5.91 Å². The lowest BCUT2D eigenvalue weighted by Gasteiger charge is -2.22. The van der Waals surface area contributed by atoms with E-state index in [2.05, 4.69) is 53.5 Å². The largest absolute Gasteiger partial charge is 0.350 e. The summed E-state index contributed by atoms with van der Waals surface area (Å²) in [7, 11) is 0. The highest BCUT2D eigenvalue weighted by Gasteiger charge is 2.21. The molecule has 0 aliphatic heterocycles. The Morgan fingerprint density at radius 2 is 1.62 bits per heavy atom. The smallest absolute Gasteiger partial charge is 0.242 e. The molecule has 3 aromatic rings. The highest BCUT2D eigenvalue weighted by Crippen LogP contribution is 2.24. The van der Waals surface area contributed by atoms with Crippen LogP contribution in [-0.2, 0) is 23.3 Å². The van der Waals surface area contributed by atoms with E-state index in [1.165, 1.54) is 5.56 Å². The van der Waals surface area contributed by atoms with Crippen molar-refractivity contribution in [3.63, 3.8) is 0 Å². The number of carbonyl (C=O) groups excluding carboxylic acids is 1. The average molecular weight is 389 g/mol. The first kappa shape index (κ1) is 20.7. The predicted octanol–water partition coefficient (Wildman–Crippen LogP) is 3.92. The Hall–Kier alpha value is -3.05. The molecule has 5 heteroatoms. The number of amides is 1. The van der Waals surface area contributed by atoms with Crippen molar-refractivity contribution in [1.29, 1.82) is 0 Å². The Bertz CT molecular complexity index is 903. The van der Waals surface area contributed by atoms with Crippen molar-refractivity contribution >= 4 is 5.91 Å². The average Bonchev–Trinajstić information content (AvgIpc) is 2.73. The van der Waals surface area contributed by atoms with Gasteiger partial charge in [0.25, 0.3) is 0 Å². The molecular formula is C24H28N4O. The second kappa shape index (κ2) is 9.43. The molecule has 0 saturated heterocycles. The van der Waals surface area contributed by atoms with Crippen LogP contribution in [0.2, 0.25) is 0 Å². The summed E-state index contributed by atoms with van der Waals surface area (Å²) < 4.78 is 0. The third kappa shape index (κ3) is 5.96. The zero-order valence-corrected chi connectivity index (χ0v) is 17.2. The maximum atomic E-state index is 13.0. The number of pyridine rings is 2. The third-order valence-electron chi connectivity index (χ3n) is 4.82. The molecular weight excluding hydrogens is 360 g/mol. The van der Waals surface area contributed by atoms with Crippen molar-refractivity contribution in [3.8, 4) is 0 Å². The summed E-state index contributed by atoms with van der Waals surface area (Å²) in [4.78, 5) is 21.2. The summed E-state index contributed by atoms with van der Waals surface area (Å²) in [6, 6.07) is 15.5. The van der Waals surface area contributed by atoms with Gasteiger partial charge in [0.15, 0.2) is 0 Å². The van der Waals surface area contributed by atoms with Crippen molar-refractivity contribution in [2.45, 2.75) is 45.3 Å². The standard InChI is InChI=1S/C24H28N4O/c1-24(2,3)21-8-6-20(7-9-21)22(27-17-19-5-4-12-26-15-19)23(29)28-16-18-10-13-25-14-11-18/h4-15,22,27H,16-17H2,1-3H3,(H,28,29). The molecule has 0 radical (unpaired) electrons. The van der Waals surface area contributed by atoms with E-state index in [1.807, 2.05) is 42.6 Å². The quantitative estimate of drug-likeness (QED) is 0.644. The molecule has 0 saturated carbocycles. The molecule has 0 spiro atoms. The second-order valence-electron chi connectivity index (χ2n) is 8.12. The molecule has 0 fully saturated rings. The normalized spacial score (nSPS) is 12.4. The molecule has 1 aromatic carbocycles. The number of hydrogen-bond acceptors (Lipinski definition) is 4. The van der Waals surface area contributed by atoms with Gasteiger partial charge in [-0.25, -0.2) is 0 Å². The number of aromatic nitrogens is 2. The minimum atomic E-state index is -0.453. The van der Waals surface area contributed by atoms with Crippen molar-refractivity contribution in [3.05, 3.63) is 95.6 Å². The fourth-order valence-corrected chi connectivity index (χ4v) is 3.05. The van der Waals surface area contributed by atoms with Gasteiger partial charge in [-0.1, -0.05) is 51.1 Å². The van der Waals surface area contributed by atoms with E-state index in [1.54, 1.807) is 18.6 Å². The summed E-state index contributed by atoms with van der Waals surface area (Å²) in [6.07, 6.45) is 7.00. The van der Waals surface area contributed by atoms with E-state index in [-0.39, 0.29) is 11.3 Å². The van der Waals surface area contributed by atoms with Crippen LogP contribution in [0.3, 0.4) is 0 Å². The number of nitrogens with one attached hydrogen (secondary N) is 2. The van der Waals surface area contributed by atoms with E-state index in [4.69, 9.17) is 0 Å². The van der Waals surface area contributed by atoms with Gasteiger partial charge in [0, 0.05) is 37.9 Å². The highest BCUT2D eigenvalue weighted by molar-refractivity contribution is 5.83. The Labute approximate surface area is 172 Å². The summed E-state index contributed by atoms with van der Waals surface area (Å²) in [6.45, 7) is 7.57. The third-order valence-corrected chi connectivity index (χ3v) is 4.82. The van der Waals surface area contributed by atoms with Crippen LogP contribution in [0, 0.1) is 0 Å². The fourth-order valence-electron chi connectivity index (χ4n) is 3.05. The van der Waals surface area contributed by atoms with Gasteiger partial charge in [-0.2, -0.15) is 0 Å². The van der Waals surface area contributed by atoms with E-state index in [0.29, 0.717) is 13.1 Å². The lowest BCUT2D eigenvalue weighted by Crippen LogP contribution is -2.37. The monoisotopic (exact) mass is 388 g/mol. The first-order valence-electron chi connectivity index (χ1n) is 9.83. The van der Waals surface area contributed by atoms with E-state index in [9.17, 15) is 4.79 Å². The molecule has 0 bridgehead atoms. The molecule has 29 heavy (non-hydrogen) atoms. The molecule has 1 unspecified atom stereocenters. The van der Waals surface area contributed by atoms with Crippen LogP contribution < -0.4 is 10.6 Å². The van der Waals surface area contributed by atoms with Crippen LogP contribution in [0.4, 0.5) is 0 Å². The van der Waals surface area contributed by atoms with Gasteiger partial charge in [-0.05, 0) is 45.9 Å². The molecule has 3 rings (SSSR count). The van der Waals surface area contributed by atoms with Crippen molar-refractivity contribution < 1.29 is 4.79 Å². The van der Waals surface area contributed by atoms with Crippen LogP contribution in [0.15, 0.2) is 73.3 Å². The minimum Gasteiger partial charge on any atom is -0.350 e. The number of carbonyl (C=O) groups is 1. The summed E-state index contributed by atoms with van der Waals surface area (Å²) in [5, 5.41) is 6.42. The SMILES string of the molecule is CC(C)(C)c1ccc(C(NCc2cccnc2)C(=O)NCc2ccncc2)cc1. The maximum absolute atomic E-state index is 13.0. The van der Waals surface area contributed by atoms with E-state index in [0.717, 1.165) is 16.7 Å². The zero-order valence-electron chi connectivity index (χ0n) is 17.2. The predicted molar refractivity (Wildman–Crippen MR) is 115 cm³/mol. The molecule has 2 heterocycles. The molecule has 5 nitrogen and oxygen atoms in total. The van der Waals surface area contributed by atoms with Crippen molar-refractivity contribution in [2.24, 2.45) is 0 Å². The topological polar surface area (TPSA) is 66.9 Å². The highest BCUT2D eigenvalue weighted by atomic mass is 16.2. The Morgan fingerprint density at radius 3 is 2.24 bits per heavy atom. The van der Waals surface area contributed by atoms with Gasteiger partial charge in [-0.3, -0.25) is 20.1 Å². The van der Waals surface area contributed by atoms with Gasteiger partial charge < -0.3 is 5.32 Å². The van der Waals surface area contributed by atoms with Crippen LogP contribution in [0.1, 0.15) is 49.1 Å². The Kier molecular flexibility index (Phi) is 6.73.